The molecule has 1 aromatic rings. The molecule has 1 aromatic heterocycles. The van der Waals surface area contributed by atoms with E-state index >= 15 is 0 Å². The summed E-state index contributed by atoms with van der Waals surface area (Å²) < 4.78 is 1.17. The minimum Gasteiger partial charge on any atom is -0.311 e. The van der Waals surface area contributed by atoms with E-state index in [1.165, 1.54) is 9.35 Å². The van der Waals surface area contributed by atoms with E-state index in [0.29, 0.717) is 0 Å². The van der Waals surface area contributed by atoms with Crippen LogP contribution >= 0.6 is 38.9 Å². The Morgan fingerprint density at radius 2 is 2.12 bits per heavy atom. The molecular weight excluding hydrogens is 306 g/mol. The van der Waals surface area contributed by atoms with E-state index in [9.17, 15) is 0 Å². The van der Waals surface area contributed by atoms with E-state index < -0.39 is 0 Å². The first-order chi connectivity index (χ1) is 7.65. The zero-order valence-electron chi connectivity index (χ0n) is 9.85. The standard InChI is InChI=1S/C12H19BrClNS/c1-3-12(4-2,8-14)9-15-6-11-5-10(13)7-16-11/h5,7,15H,3-4,6,8-9H2,1-2H3. The number of thiophene rings is 1. The number of hydrogen-bond donors (Lipinski definition) is 1. The third-order valence-corrected chi connectivity index (χ3v) is 5.47. The van der Waals surface area contributed by atoms with Gasteiger partial charge in [-0.2, -0.15) is 0 Å². The Morgan fingerprint density at radius 1 is 1.44 bits per heavy atom. The van der Waals surface area contributed by atoms with Gasteiger partial charge in [0.1, 0.15) is 0 Å². The van der Waals surface area contributed by atoms with Crippen molar-refractivity contribution >= 4 is 38.9 Å². The van der Waals surface area contributed by atoms with Crippen molar-refractivity contribution in [2.75, 3.05) is 12.4 Å². The molecule has 0 aromatic carbocycles. The highest BCUT2D eigenvalue weighted by molar-refractivity contribution is 9.10. The fourth-order valence-electron chi connectivity index (χ4n) is 1.63. The Labute approximate surface area is 116 Å². The van der Waals surface area contributed by atoms with Crippen molar-refractivity contribution in [1.82, 2.24) is 5.32 Å². The van der Waals surface area contributed by atoms with Gasteiger partial charge in [-0.15, -0.1) is 22.9 Å². The van der Waals surface area contributed by atoms with E-state index in [1.807, 2.05) is 0 Å². The Balaban J connectivity index is 2.39. The Morgan fingerprint density at radius 3 is 2.56 bits per heavy atom. The molecule has 0 amide bonds. The summed E-state index contributed by atoms with van der Waals surface area (Å²) in [4.78, 5) is 1.36. The minimum atomic E-state index is 0.260. The molecule has 0 spiro atoms. The lowest BCUT2D eigenvalue weighted by atomic mass is 9.84. The van der Waals surface area contributed by atoms with Crippen molar-refractivity contribution in [3.8, 4) is 0 Å². The lowest BCUT2D eigenvalue weighted by Gasteiger charge is -2.29. The van der Waals surface area contributed by atoms with Gasteiger partial charge in [-0.05, 0) is 40.3 Å². The molecule has 0 fully saturated rings. The van der Waals surface area contributed by atoms with Crippen molar-refractivity contribution in [3.63, 3.8) is 0 Å². The Kier molecular flexibility index (Phi) is 6.34. The molecule has 0 saturated heterocycles. The van der Waals surface area contributed by atoms with Gasteiger partial charge < -0.3 is 5.32 Å². The largest absolute Gasteiger partial charge is 0.311 e. The highest BCUT2D eigenvalue weighted by atomic mass is 79.9. The zero-order chi connectivity index (χ0) is 12.0. The average Bonchev–Trinajstić information content (AvgIpc) is 2.71. The van der Waals surface area contributed by atoms with Crippen LogP contribution in [0.2, 0.25) is 0 Å². The SMILES string of the molecule is CCC(CC)(CCl)CNCc1cc(Br)cs1. The van der Waals surface area contributed by atoms with Crippen LogP contribution < -0.4 is 5.32 Å². The normalized spacial score (nSPS) is 12.0. The average molecular weight is 325 g/mol. The molecule has 4 heteroatoms. The third-order valence-electron chi connectivity index (χ3n) is 3.20. The Hall–Kier alpha value is 0.430. The predicted octanol–water partition coefficient (Wildman–Crippen LogP) is 4.65. The molecule has 0 radical (unpaired) electrons. The van der Waals surface area contributed by atoms with Gasteiger partial charge in [0.2, 0.25) is 0 Å². The molecule has 16 heavy (non-hydrogen) atoms. The van der Waals surface area contributed by atoms with Crippen LogP contribution in [0.1, 0.15) is 31.6 Å². The topological polar surface area (TPSA) is 12.0 Å². The Bertz CT molecular complexity index is 301. The first-order valence-corrected chi connectivity index (χ1v) is 7.86. The van der Waals surface area contributed by atoms with Gasteiger partial charge in [-0.3, -0.25) is 0 Å². The van der Waals surface area contributed by atoms with Gasteiger partial charge in [0.15, 0.2) is 0 Å². The van der Waals surface area contributed by atoms with Crippen LogP contribution in [0.3, 0.4) is 0 Å². The van der Waals surface area contributed by atoms with Crippen LogP contribution in [0.25, 0.3) is 0 Å². The second kappa shape index (κ2) is 7.00. The lowest BCUT2D eigenvalue weighted by molar-refractivity contribution is 0.286. The van der Waals surface area contributed by atoms with E-state index in [2.05, 4.69) is 46.5 Å². The maximum Gasteiger partial charge on any atom is 0.0300 e. The molecule has 1 N–H and O–H groups in total. The maximum atomic E-state index is 6.07. The molecule has 0 aliphatic heterocycles. The first kappa shape index (κ1) is 14.5. The van der Waals surface area contributed by atoms with Gasteiger partial charge in [0, 0.05) is 33.7 Å². The van der Waals surface area contributed by atoms with Gasteiger partial charge >= 0.3 is 0 Å². The molecule has 0 bridgehead atoms. The van der Waals surface area contributed by atoms with Crippen LogP contribution in [-0.4, -0.2) is 12.4 Å². The first-order valence-electron chi connectivity index (χ1n) is 5.65. The molecule has 0 aliphatic carbocycles. The summed E-state index contributed by atoms with van der Waals surface area (Å²) in [5, 5.41) is 5.63. The summed E-state index contributed by atoms with van der Waals surface area (Å²) in [6.45, 7) is 6.37. The predicted molar refractivity (Wildman–Crippen MR) is 77.5 cm³/mol. The number of alkyl halides is 1. The summed E-state index contributed by atoms with van der Waals surface area (Å²) in [7, 11) is 0. The van der Waals surface area contributed by atoms with Crippen molar-refractivity contribution in [3.05, 3.63) is 20.8 Å². The van der Waals surface area contributed by atoms with Crippen LogP contribution in [-0.2, 0) is 6.54 Å². The number of hydrogen-bond acceptors (Lipinski definition) is 2. The number of halogens is 2. The molecule has 1 rings (SSSR count). The maximum absolute atomic E-state index is 6.07. The van der Waals surface area contributed by atoms with E-state index in [1.54, 1.807) is 11.3 Å². The quantitative estimate of drug-likeness (QED) is 0.720. The molecule has 0 unspecified atom stereocenters. The van der Waals surface area contributed by atoms with Crippen LogP contribution in [0.4, 0.5) is 0 Å². The summed E-state index contributed by atoms with van der Waals surface area (Å²) in [5.41, 5.74) is 0.260. The molecular formula is C12H19BrClNS. The van der Waals surface area contributed by atoms with Gasteiger partial charge in [-0.1, -0.05) is 13.8 Å². The number of nitrogens with one attached hydrogen (secondary N) is 1. The fraction of sp³-hybridized carbons (Fsp3) is 0.667. The molecule has 0 atom stereocenters. The van der Waals surface area contributed by atoms with Crippen LogP contribution in [0, 0.1) is 5.41 Å². The van der Waals surface area contributed by atoms with Gasteiger partial charge in [-0.25, -0.2) is 0 Å². The van der Waals surface area contributed by atoms with Crippen LogP contribution in [0.15, 0.2) is 15.9 Å². The fourth-order valence-corrected chi connectivity index (χ4v) is 3.53. The zero-order valence-corrected chi connectivity index (χ0v) is 13.0. The summed E-state index contributed by atoms with van der Waals surface area (Å²) >= 11 is 11.3. The third kappa shape index (κ3) is 4.02. The van der Waals surface area contributed by atoms with Crippen LogP contribution in [0.5, 0.6) is 0 Å². The van der Waals surface area contributed by atoms with Crippen molar-refractivity contribution in [1.29, 1.82) is 0 Å². The van der Waals surface area contributed by atoms with E-state index in [0.717, 1.165) is 31.8 Å². The monoisotopic (exact) mass is 323 g/mol. The molecule has 1 heterocycles. The van der Waals surface area contributed by atoms with Crippen molar-refractivity contribution in [2.45, 2.75) is 33.2 Å². The summed E-state index contributed by atoms with van der Waals surface area (Å²) in [6, 6.07) is 2.16. The highest BCUT2D eigenvalue weighted by Gasteiger charge is 2.24. The second-order valence-electron chi connectivity index (χ2n) is 4.18. The van der Waals surface area contributed by atoms with Crippen molar-refractivity contribution < 1.29 is 0 Å². The highest BCUT2D eigenvalue weighted by Crippen LogP contribution is 2.27. The lowest BCUT2D eigenvalue weighted by Crippen LogP contribution is -2.34. The number of rotatable bonds is 7. The summed E-state index contributed by atoms with van der Waals surface area (Å²) in [6.07, 6.45) is 2.27. The summed E-state index contributed by atoms with van der Waals surface area (Å²) in [5.74, 6) is 0.737. The second-order valence-corrected chi connectivity index (χ2v) is 6.35. The molecule has 0 saturated carbocycles. The van der Waals surface area contributed by atoms with Gasteiger partial charge in [0.25, 0.3) is 0 Å². The minimum absolute atomic E-state index is 0.260. The smallest absolute Gasteiger partial charge is 0.0300 e. The molecule has 1 nitrogen and oxygen atoms in total. The van der Waals surface area contributed by atoms with E-state index in [-0.39, 0.29) is 5.41 Å². The molecule has 92 valence electrons. The van der Waals surface area contributed by atoms with E-state index in [4.69, 9.17) is 11.6 Å². The van der Waals surface area contributed by atoms with Gasteiger partial charge in [0.05, 0.1) is 0 Å². The van der Waals surface area contributed by atoms with Crippen molar-refractivity contribution in [2.24, 2.45) is 5.41 Å². The molecule has 0 aliphatic rings.